The Morgan fingerprint density at radius 1 is 0.889 bits per heavy atom. The van der Waals surface area contributed by atoms with Gasteiger partial charge in [-0.15, -0.1) is 0 Å². The van der Waals surface area contributed by atoms with Gasteiger partial charge in [-0.25, -0.2) is 8.42 Å². The summed E-state index contributed by atoms with van der Waals surface area (Å²) in [5.41, 5.74) is 2.19. The summed E-state index contributed by atoms with van der Waals surface area (Å²) in [5.74, 6) is 0.683. The van der Waals surface area contributed by atoms with Gasteiger partial charge in [-0.3, -0.25) is 13.9 Å². The summed E-state index contributed by atoms with van der Waals surface area (Å²) in [6.07, 6.45) is 6.96. The van der Waals surface area contributed by atoms with Gasteiger partial charge in [0.2, 0.25) is 21.8 Å². The molecule has 2 amide bonds. The van der Waals surface area contributed by atoms with Gasteiger partial charge in [-0.05, 0) is 54.7 Å². The number of nitrogens with one attached hydrogen (secondary N) is 1. The van der Waals surface area contributed by atoms with Crippen LogP contribution in [0.15, 0.2) is 78.9 Å². The van der Waals surface area contributed by atoms with Gasteiger partial charge in [-0.1, -0.05) is 73.9 Å². The molecule has 45 heavy (non-hydrogen) atoms. The van der Waals surface area contributed by atoms with Crippen molar-refractivity contribution in [2.45, 2.75) is 70.0 Å². The zero-order valence-corrected chi connectivity index (χ0v) is 27.3. The summed E-state index contributed by atoms with van der Waals surface area (Å²) in [6.45, 7) is 0.281. The fourth-order valence-electron chi connectivity index (χ4n) is 5.88. The van der Waals surface area contributed by atoms with E-state index >= 15 is 0 Å². The Kier molecular flexibility index (Phi) is 12.3. The molecule has 1 aliphatic carbocycles. The van der Waals surface area contributed by atoms with Crippen LogP contribution >= 0.6 is 0 Å². The minimum atomic E-state index is -3.66. The van der Waals surface area contributed by atoms with Crippen molar-refractivity contribution in [3.8, 4) is 11.5 Å². The summed E-state index contributed by atoms with van der Waals surface area (Å²) < 4.78 is 37.7. The van der Waals surface area contributed by atoms with Crippen LogP contribution in [0.1, 0.15) is 56.1 Å². The number of amides is 2. The molecule has 0 heterocycles. The van der Waals surface area contributed by atoms with E-state index in [9.17, 15) is 18.0 Å². The number of para-hydroxylation sites is 2. The van der Waals surface area contributed by atoms with Gasteiger partial charge in [0.1, 0.15) is 17.5 Å². The molecule has 1 fully saturated rings. The molecule has 0 aromatic heterocycles. The molecule has 0 saturated heterocycles. The SMILES string of the molecule is COc1cccc(CN(C(=O)CCCN(c2ccccc2OC)S(C)(=O)=O)C(Cc2ccccc2)C(=O)NC2CCCCC2)c1. The lowest BCUT2D eigenvalue weighted by Gasteiger charge is -2.34. The Labute approximate surface area is 267 Å². The number of sulfonamides is 1. The third kappa shape index (κ3) is 9.72. The molecule has 9 nitrogen and oxygen atoms in total. The van der Waals surface area contributed by atoms with E-state index in [0.29, 0.717) is 23.6 Å². The van der Waals surface area contributed by atoms with Crippen LogP contribution < -0.4 is 19.1 Å². The molecule has 1 N–H and O–H groups in total. The van der Waals surface area contributed by atoms with E-state index in [1.165, 1.54) is 17.8 Å². The number of benzene rings is 3. The lowest BCUT2D eigenvalue weighted by molar-refractivity contribution is -0.141. The molecule has 4 rings (SSSR count). The number of nitrogens with zero attached hydrogens (tertiary/aromatic N) is 2. The summed E-state index contributed by atoms with van der Waals surface area (Å²) in [5, 5.41) is 3.25. The maximum absolute atomic E-state index is 14.1. The monoisotopic (exact) mass is 635 g/mol. The second-order valence-corrected chi connectivity index (χ2v) is 13.4. The highest BCUT2D eigenvalue weighted by molar-refractivity contribution is 7.92. The van der Waals surface area contributed by atoms with E-state index in [-0.39, 0.29) is 43.8 Å². The summed E-state index contributed by atoms with van der Waals surface area (Å²) in [6, 6.07) is 23.4. The molecule has 1 saturated carbocycles. The van der Waals surface area contributed by atoms with Crippen molar-refractivity contribution in [1.29, 1.82) is 0 Å². The molecule has 10 heteroatoms. The minimum Gasteiger partial charge on any atom is -0.497 e. The molecule has 0 aliphatic heterocycles. The first-order chi connectivity index (χ1) is 21.7. The van der Waals surface area contributed by atoms with Gasteiger partial charge in [-0.2, -0.15) is 0 Å². The number of hydrogen-bond donors (Lipinski definition) is 1. The maximum Gasteiger partial charge on any atom is 0.243 e. The van der Waals surface area contributed by atoms with Crippen LogP contribution in [0.2, 0.25) is 0 Å². The van der Waals surface area contributed by atoms with Crippen molar-refractivity contribution in [1.82, 2.24) is 10.2 Å². The maximum atomic E-state index is 14.1. The number of carbonyl (C=O) groups is 2. The first-order valence-corrected chi connectivity index (χ1v) is 17.4. The van der Waals surface area contributed by atoms with E-state index in [1.54, 1.807) is 36.3 Å². The van der Waals surface area contributed by atoms with Crippen molar-refractivity contribution < 1.29 is 27.5 Å². The van der Waals surface area contributed by atoms with Gasteiger partial charge < -0.3 is 19.7 Å². The lowest BCUT2D eigenvalue weighted by Crippen LogP contribution is -2.52. The highest BCUT2D eigenvalue weighted by Gasteiger charge is 2.32. The normalized spacial score (nSPS) is 14.3. The summed E-state index contributed by atoms with van der Waals surface area (Å²) in [4.78, 5) is 29.8. The quantitative estimate of drug-likeness (QED) is 0.242. The molecular formula is C35H45N3O6S. The fourth-order valence-corrected chi connectivity index (χ4v) is 6.85. The number of anilines is 1. The van der Waals surface area contributed by atoms with Gasteiger partial charge >= 0.3 is 0 Å². The standard InChI is InChI=1S/C35H45N3O6S/c1-43-30-19-12-16-28(24-30)26-37(32(25-27-14-6-4-7-15-27)35(40)36-29-17-8-5-9-18-29)34(39)22-13-23-38(45(3,41)42)31-20-10-11-21-33(31)44-2/h4,6-7,10-12,14-16,19-21,24,29,32H,5,8-9,13,17-18,22-23,25-26H2,1-3H3,(H,36,40). The van der Waals surface area contributed by atoms with E-state index in [1.807, 2.05) is 54.6 Å². The topological polar surface area (TPSA) is 105 Å². The van der Waals surface area contributed by atoms with Crippen molar-refractivity contribution in [2.24, 2.45) is 0 Å². The van der Waals surface area contributed by atoms with Crippen LogP contribution in [0.25, 0.3) is 0 Å². The third-order valence-electron chi connectivity index (χ3n) is 8.22. The van der Waals surface area contributed by atoms with E-state index in [2.05, 4.69) is 5.32 Å². The van der Waals surface area contributed by atoms with Crippen LogP contribution in [0, 0.1) is 0 Å². The number of methoxy groups -OCH3 is 2. The number of hydrogen-bond acceptors (Lipinski definition) is 6. The molecule has 242 valence electrons. The van der Waals surface area contributed by atoms with Gasteiger partial charge in [0.15, 0.2) is 0 Å². The molecule has 0 bridgehead atoms. The number of rotatable bonds is 15. The zero-order chi connectivity index (χ0) is 32.2. The second kappa shape index (κ2) is 16.3. The van der Waals surface area contributed by atoms with Gasteiger partial charge in [0.25, 0.3) is 0 Å². The summed E-state index contributed by atoms with van der Waals surface area (Å²) in [7, 11) is -0.580. The van der Waals surface area contributed by atoms with Crippen LogP contribution in [0.5, 0.6) is 11.5 Å². The Morgan fingerprint density at radius 3 is 2.27 bits per heavy atom. The second-order valence-electron chi connectivity index (χ2n) is 11.5. The Hall–Kier alpha value is -4.05. The molecule has 1 unspecified atom stereocenters. The highest BCUT2D eigenvalue weighted by Crippen LogP contribution is 2.30. The van der Waals surface area contributed by atoms with Crippen LogP contribution in [0.3, 0.4) is 0 Å². The average Bonchev–Trinajstić information content (AvgIpc) is 3.05. The molecule has 3 aromatic carbocycles. The number of ether oxygens (including phenoxy) is 2. The van der Waals surface area contributed by atoms with Gasteiger partial charge in [0, 0.05) is 32.0 Å². The summed E-state index contributed by atoms with van der Waals surface area (Å²) >= 11 is 0. The van der Waals surface area contributed by atoms with Crippen molar-refractivity contribution in [3.63, 3.8) is 0 Å². The number of carbonyl (C=O) groups excluding carboxylic acids is 2. The first-order valence-electron chi connectivity index (χ1n) is 15.6. The first kappa shape index (κ1) is 33.8. The predicted octanol–water partition coefficient (Wildman–Crippen LogP) is 5.34. The van der Waals surface area contributed by atoms with Crippen LogP contribution in [-0.2, 0) is 32.6 Å². The molecule has 1 atom stereocenters. The van der Waals surface area contributed by atoms with E-state index in [0.717, 1.165) is 43.1 Å². The van der Waals surface area contributed by atoms with Crippen molar-refractivity contribution in [3.05, 3.63) is 90.0 Å². The van der Waals surface area contributed by atoms with Gasteiger partial charge in [0.05, 0.1) is 26.2 Å². The lowest BCUT2D eigenvalue weighted by atomic mass is 9.94. The Balaban J connectivity index is 1.61. The smallest absolute Gasteiger partial charge is 0.243 e. The van der Waals surface area contributed by atoms with Crippen LogP contribution in [-0.4, -0.2) is 64.2 Å². The molecule has 0 radical (unpaired) electrons. The van der Waals surface area contributed by atoms with Crippen LogP contribution in [0.4, 0.5) is 5.69 Å². The fraction of sp³-hybridized carbons (Fsp3) is 0.429. The highest BCUT2D eigenvalue weighted by atomic mass is 32.2. The largest absolute Gasteiger partial charge is 0.497 e. The van der Waals surface area contributed by atoms with E-state index in [4.69, 9.17) is 9.47 Å². The Morgan fingerprint density at radius 2 is 1.58 bits per heavy atom. The van der Waals surface area contributed by atoms with Crippen molar-refractivity contribution >= 4 is 27.5 Å². The minimum absolute atomic E-state index is 0.0487. The zero-order valence-electron chi connectivity index (χ0n) is 26.5. The van der Waals surface area contributed by atoms with E-state index < -0.39 is 16.1 Å². The predicted molar refractivity (Wildman–Crippen MR) is 177 cm³/mol. The average molecular weight is 636 g/mol. The molecule has 3 aromatic rings. The molecular weight excluding hydrogens is 590 g/mol. The molecule has 1 aliphatic rings. The third-order valence-corrected chi connectivity index (χ3v) is 9.40. The van der Waals surface area contributed by atoms with Crippen molar-refractivity contribution in [2.75, 3.05) is 31.3 Å². The Bertz CT molecular complexity index is 1510. The molecule has 0 spiro atoms.